The Morgan fingerprint density at radius 2 is 2.22 bits per heavy atom. The summed E-state index contributed by atoms with van der Waals surface area (Å²) < 4.78 is 5.89. The Hall–Kier alpha value is -0.340. The molecule has 0 amide bonds. The number of likely N-dealkylation sites (N-methyl/N-ethyl adjacent to an activating group) is 1. The summed E-state index contributed by atoms with van der Waals surface area (Å²) in [4.78, 5) is 4.06. The second-order valence-electron chi connectivity index (χ2n) is 4.61. The second kappa shape index (κ2) is 5.75. The molecule has 104 valence electrons. The van der Waals surface area contributed by atoms with E-state index in [1.807, 2.05) is 13.8 Å². The Bertz CT molecular complexity index is 329. The highest BCUT2D eigenvalue weighted by Crippen LogP contribution is 2.34. The molecule has 6 atom stereocenters. The van der Waals surface area contributed by atoms with Crippen LogP contribution in [0, 0.1) is 0 Å². The zero-order chi connectivity index (χ0) is 13.3. The summed E-state index contributed by atoms with van der Waals surface area (Å²) in [5.41, 5.74) is -0.201. The normalized spacial score (nSPS) is 43.6. The van der Waals surface area contributed by atoms with Crippen molar-refractivity contribution in [1.82, 2.24) is 10.6 Å². The van der Waals surface area contributed by atoms with Gasteiger partial charge in [0.15, 0.2) is 5.17 Å². The zero-order valence-electron chi connectivity index (χ0n) is 10.8. The number of thioether (sulfide) groups is 1. The van der Waals surface area contributed by atoms with Crippen molar-refractivity contribution in [3.63, 3.8) is 0 Å². The Labute approximate surface area is 111 Å². The van der Waals surface area contributed by atoms with E-state index in [4.69, 9.17) is 4.74 Å². The first-order valence-corrected chi connectivity index (χ1v) is 7.11. The predicted octanol–water partition coefficient (Wildman–Crippen LogP) is -0.878. The van der Waals surface area contributed by atoms with Crippen LogP contribution in [0.5, 0.6) is 0 Å². The third-order valence-corrected chi connectivity index (χ3v) is 4.54. The van der Waals surface area contributed by atoms with Gasteiger partial charge in [-0.2, -0.15) is 0 Å². The van der Waals surface area contributed by atoms with Crippen LogP contribution in [-0.2, 0) is 4.74 Å². The fourth-order valence-electron chi connectivity index (χ4n) is 2.40. The molecule has 0 bridgehead atoms. The molecule has 0 spiro atoms. The van der Waals surface area contributed by atoms with E-state index >= 15 is 0 Å². The third-order valence-electron chi connectivity index (χ3n) is 3.38. The lowest BCUT2D eigenvalue weighted by atomic mass is 9.94. The number of ether oxygens (including phenoxy) is 1. The van der Waals surface area contributed by atoms with Crippen molar-refractivity contribution in [1.29, 1.82) is 0 Å². The van der Waals surface area contributed by atoms with E-state index in [2.05, 4.69) is 15.6 Å². The van der Waals surface area contributed by atoms with E-state index in [1.165, 1.54) is 11.8 Å². The SMILES string of the molecule is CCN[C@H](C)[C@@H]1O[C@@H]2SC(=NC)N[C@@H]2[C@@H](O)[C@@H]1O. The maximum atomic E-state index is 10.2. The van der Waals surface area contributed by atoms with Gasteiger partial charge in [0.05, 0.1) is 6.04 Å². The summed E-state index contributed by atoms with van der Waals surface area (Å²) in [5, 5.41) is 27.3. The summed E-state index contributed by atoms with van der Waals surface area (Å²) in [6, 6.07) is -0.308. The van der Waals surface area contributed by atoms with Gasteiger partial charge in [0.25, 0.3) is 0 Å². The van der Waals surface area contributed by atoms with Gasteiger partial charge in [0.1, 0.15) is 23.7 Å². The molecule has 2 saturated heterocycles. The first kappa shape index (κ1) is 14.1. The summed E-state index contributed by atoms with van der Waals surface area (Å²) >= 11 is 1.46. The van der Waals surface area contributed by atoms with Gasteiger partial charge in [-0.25, -0.2) is 0 Å². The van der Waals surface area contributed by atoms with Crippen LogP contribution in [0.3, 0.4) is 0 Å². The first-order chi connectivity index (χ1) is 8.58. The van der Waals surface area contributed by atoms with E-state index in [9.17, 15) is 10.2 Å². The monoisotopic (exact) mass is 275 g/mol. The standard InChI is InChI=1S/C11H21N3O3S/c1-4-13-5(2)9-8(16)7(15)6-10(17-9)18-11(12-3)14-6/h5-10,13,15-16H,4H2,1-3H3,(H,12,14)/t5-,6-,7-,8+,9+,10-/m1/s1. The van der Waals surface area contributed by atoms with Gasteiger partial charge in [-0.05, 0) is 13.5 Å². The second-order valence-corrected chi connectivity index (χ2v) is 5.70. The van der Waals surface area contributed by atoms with E-state index in [1.54, 1.807) is 7.05 Å². The number of amidine groups is 1. The van der Waals surface area contributed by atoms with Crippen molar-refractivity contribution >= 4 is 16.9 Å². The molecule has 18 heavy (non-hydrogen) atoms. The predicted molar refractivity (Wildman–Crippen MR) is 71.7 cm³/mol. The van der Waals surface area contributed by atoms with Crippen molar-refractivity contribution in [3.8, 4) is 0 Å². The van der Waals surface area contributed by atoms with Gasteiger partial charge in [0.2, 0.25) is 0 Å². The van der Waals surface area contributed by atoms with Crippen molar-refractivity contribution in [3.05, 3.63) is 0 Å². The molecule has 2 fully saturated rings. The molecule has 0 saturated carbocycles. The molecule has 6 nitrogen and oxygen atoms in total. The lowest BCUT2D eigenvalue weighted by molar-refractivity contribution is -0.163. The number of fused-ring (bicyclic) bond motifs is 1. The number of nitrogens with zero attached hydrogens (tertiary/aromatic N) is 1. The molecule has 0 aliphatic carbocycles. The lowest BCUT2D eigenvalue weighted by Crippen LogP contribution is -2.62. The quantitative estimate of drug-likeness (QED) is 0.535. The van der Waals surface area contributed by atoms with Crippen LogP contribution in [0.2, 0.25) is 0 Å². The Balaban J connectivity index is 2.09. The van der Waals surface area contributed by atoms with E-state index < -0.39 is 18.3 Å². The number of aliphatic imine (C=N–C) groups is 1. The molecule has 2 rings (SSSR count). The molecule has 0 unspecified atom stereocenters. The van der Waals surface area contributed by atoms with Gasteiger partial charge in [-0.1, -0.05) is 18.7 Å². The van der Waals surface area contributed by atoms with Crippen molar-refractivity contribution < 1.29 is 14.9 Å². The highest BCUT2D eigenvalue weighted by atomic mass is 32.2. The molecule has 2 heterocycles. The molecule has 0 aromatic carbocycles. The summed E-state index contributed by atoms with van der Waals surface area (Å²) in [7, 11) is 1.69. The summed E-state index contributed by atoms with van der Waals surface area (Å²) in [6.07, 6.45) is -2.15. The molecule has 0 radical (unpaired) electrons. The fourth-order valence-corrected chi connectivity index (χ4v) is 3.49. The van der Waals surface area contributed by atoms with E-state index in [-0.39, 0.29) is 17.5 Å². The highest BCUT2D eigenvalue weighted by Gasteiger charge is 2.50. The van der Waals surface area contributed by atoms with Crippen molar-refractivity contribution in [2.45, 2.75) is 49.7 Å². The van der Waals surface area contributed by atoms with Crippen LogP contribution >= 0.6 is 11.8 Å². The van der Waals surface area contributed by atoms with Gasteiger partial charge in [-0.3, -0.25) is 4.99 Å². The number of aliphatic hydroxyl groups excluding tert-OH is 2. The maximum Gasteiger partial charge on any atom is 0.159 e. The minimum atomic E-state index is -0.899. The average Bonchev–Trinajstić information content (AvgIpc) is 2.77. The van der Waals surface area contributed by atoms with E-state index in [0.29, 0.717) is 0 Å². The number of aliphatic hydroxyl groups is 2. The third kappa shape index (κ3) is 2.50. The Morgan fingerprint density at radius 3 is 2.83 bits per heavy atom. The highest BCUT2D eigenvalue weighted by molar-refractivity contribution is 8.14. The molecule has 0 aromatic rings. The van der Waals surface area contributed by atoms with E-state index in [0.717, 1.165) is 11.7 Å². The van der Waals surface area contributed by atoms with Gasteiger partial charge in [0, 0.05) is 13.1 Å². The molecule has 0 aromatic heterocycles. The molecular weight excluding hydrogens is 254 g/mol. The van der Waals surface area contributed by atoms with Gasteiger partial charge in [-0.15, -0.1) is 0 Å². The van der Waals surface area contributed by atoms with Crippen molar-refractivity contribution in [2.24, 2.45) is 4.99 Å². The fraction of sp³-hybridized carbons (Fsp3) is 0.909. The lowest BCUT2D eigenvalue weighted by Gasteiger charge is -2.41. The molecular formula is C11H21N3O3S. The van der Waals surface area contributed by atoms with Crippen LogP contribution < -0.4 is 10.6 Å². The Kier molecular flexibility index (Phi) is 4.50. The smallest absolute Gasteiger partial charge is 0.159 e. The summed E-state index contributed by atoms with van der Waals surface area (Å²) in [6.45, 7) is 4.75. The maximum absolute atomic E-state index is 10.2. The van der Waals surface area contributed by atoms with Crippen LogP contribution in [0.15, 0.2) is 4.99 Å². The number of rotatable bonds is 3. The van der Waals surface area contributed by atoms with Gasteiger partial charge < -0.3 is 25.6 Å². The van der Waals surface area contributed by atoms with Crippen LogP contribution in [-0.4, -0.2) is 64.8 Å². The topological polar surface area (TPSA) is 86.1 Å². The van der Waals surface area contributed by atoms with Crippen molar-refractivity contribution in [2.75, 3.05) is 13.6 Å². The first-order valence-electron chi connectivity index (χ1n) is 6.23. The minimum Gasteiger partial charge on any atom is -0.388 e. The average molecular weight is 275 g/mol. The molecule has 7 heteroatoms. The number of nitrogens with one attached hydrogen (secondary N) is 2. The summed E-state index contributed by atoms with van der Waals surface area (Å²) in [5.74, 6) is 0. The largest absolute Gasteiger partial charge is 0.388 e. The van der Waals surface area contributed by atoms with Crippen LogP contribution in [0.25, 0.3) is 0 Å². The van der Waals surface area contributed by atoms with Crippen LogP contribution in [0.1, 0.15) is 13.8 Å². The Morgan fingerprint density at radius 1 is 1.50 bits per heavy atom. The molecule has 4 N–H and O–H groups in total. The van der Waals surface area contributed by atoms with Gasteiger partial charge >= 0.3 is 0 Å². The zero-order valence-corrected chi connectivity index (χ0v) is 11.6. The number of hydrogen-bond acceptors (Lipinski definition) is 6. The minimum absolute atomic E-state index is 0.0104. The number of hydrogen-bond donors (Lipinski definition) is 4. The molecule has 2 aliphatic heterocycles. The van der Waals surface area contributed by atoms with Crippen LogP contribution in [0.4, 0.5) is 0 Å². The molecule has 2 aliphatic rings.